The van der Waals surface area contributed by atoms with Crippen molar-refractivity contribution in [1.29, 1.82) is 0 Å². The molecule has 1 saturated heterocycles. The lowest BCUT2D eigenvalue weighted by molar-refractivity contribution is -0.274. The Morgan fingerprint density at radius 2 is 1.97 bits per heavy atom. The van der Waals surface area contributed by atoms with Crippen LogP contribution in [0.25, 0.3) is 11.0 Å². The molecule has 35 heavy (non-hydrogen) atoms. The Morgan fingerprint density at radius 3 is 2.66 bits per heavy atom. The number of rotatable bonds is 3. The summed E-state index contributed by atoms with van der Waals surface area (Å²) >= 11 is 0. The molecule has 2 aromatic heterocycles. The topological polar surface area (TPSA) is 84.2 Å². The van der Waals surface area contributed by atoms with Crippen LogP contribution in [0.2, 0.25) is 0 Å². The Bertz CT molecular complexity index is 1280. The van der Waals surface area contributed by atoms with Crippen molar-refractivity contribution < 1.29 is 27.1 Å². The zero-order valence-corrected chi connectivity index (χ0v) is 19.2. The van der Waals surface area contributed by atoms with Crippen LogP contribution in [0.4, 0.5) is 23.2 Å². The summed E-state index contributed by atoms with van der Waals surface area (Å²) in [4.78, 5) is 22.3. The number of ether oxygens (including phenoxy) is 1. The molecule has 2 aliphatic rings. The monoisotopic (exact) mass is 490 g/mol. The number of pyridine rings is 1. The number of nitrogen functional groups attached to an aromatic ring is 1. The van der Waals surface area contributed by atoms with Crippen LogP contribution >= 0.6 is 0 Å². The molecule has 10 heteroatoms. The minimum atomic E-state index is -4.84. The average molecular weight is 491 g/mol. The zero-order chi connectivity index (χ0) is 24.9. The molecule has 6 nitrogen and oxygen atoms in total. The second-order valence-electron chi connectivity index (χ2n) is 9.54. The van der Waals surface area contributed by atoms with E-state index in [0.717, 1.165) is 48.0 Å². The third kappa shape index (κ3) is 4.53. The molecule has 3 N–H and O–H groups in total. The molecule has 5 rings (SSSR count). The molecule has 1 atom stereocenters. The number of aromatic nitrogens is 2. The van der Waals surface area contributed by atoms with Gasteiger partial charge in [0.15, 0.2) is 0 Å². The van der Waals surface area contributed by atoms with E-state index >= 15 is 4.39 Å². The molecule has 1 aromatic carbocycles. The first-order chi connectivity index (χ1) is 16.6. The van der Waals surface area contributed by atoms with Crippen molar-refractivity contribution in [2.24, 2.45) is 5.92 Å². The van der Waals surface area contributed by atoms with Gasteiger partial charge in [-0.2, -0.15) is 0 Å². The van der Waals surface area contributed by atoms with Gasteiger partial charge in [-0.15, -0.1) is 13.2 Å². The minimum absolute atomic E-state index is 0.0680. The standard InChI is InChI=1S/C25H26F4N4O2/c1-13-2-5-20-17(10-13)22-21(18(26)12-31-23(22)32-20)14-6-8-33(9-7-14)24(34)16-4-3-15(11-19(16)30)35-25(27,28)29/h3-4,11-14H,2,5-10,30H2,1H3,(H,31,32). The maximum absolute atomic E-state index is 15.1. The number of hydrogen-bond donors (Lipinski definition) is 2. The number of halogens is 4. The number of nitrogens with zero attached hydrogens (tertiary/aromatic N) is 2. The number of carbonyl (C=O) groups is 1. The molecule has 1 amide bonds. The third-order valence-corrected chi connectivity index (χ3v) is 7.12. The molecule has 3 heterocycles. The summed E-state index contributed by atoms with van der Waals surface area (Å²) in [6, 6.07) is 3.31. The smallest absolute Gasteiger partial charge is 0.406 e. The van der Waals surface area contributed by atoms with E-state index < -0.39 is 12.1 Å². The van der Waals surface area contributed by atoms with Crippen molar-refractivity contribution in [3.8, 4) is 5.75 Å². The van der Waals surface area contributed by atoms with Crippen LogP contribution in [0, 0.1) is 11.7 Å². The number of amides is 1. The Morgan fingerprint density at radius 1 is 1.23 bits per heavy atom. The summed E-state index contributed by atoms with van der Waals surface area (Å²) in [5.74, 6) is -0.719. The van der Waals surface area contributed by atoms with Gasteiger partial charge < -0.3 is 20.4 Å². The van der Waals surface area contributed by atoms with Gasteiger partial charge in [-0.25, -0.2) is 9.37 Å². The zero-order valence-electron chi connectivity index (χ0n) is 19.2. The van der Waals surface area contributed by atoms with Crippen molar-refractivity contribution >= 4 is 22.6 Å². The summed E-state index contributed by atoms with van der Waals surface area (Å²) in [7, 11) is 0. The third-order valence-electron chi connectivity index (χ3n) is 7.12. The van der Waals surface area contributed by atoms with E-state index in [9.17, 15) is 18.0 Å². The number of nitrogens with two attached hydrogens (primary N) is 1. The second kappa shape index (κ2) is 8.73. The first-order valence-electron chi connectivity index (χ1n) is 11.7. The Hall–Kier alpha value is -3.30. The predicted molar refractivity (Wildman–Crippen MR) is 123 cm³/mol. The van der Waals surface area contributed by atoms with Gasteiger partial charge in [-0.05, 0) is 61.6 Å². The lowest BCUT2D eigenvalue weighted by atomic mass is 9.83. The van der Waals surface area contributed by atoms with E-state index in [1.54, 1.807) is 4.90 Å². The van der Waals surface area contributed by atoms with Crippen LogP contribution in [0.15, 0.2) is 24.4 Å². The summed E-state index contributed by atoms with van der Waals surface area (Å²) in [5.41, 5.74) is 9.57. The maximum atomic E-state index is 15.1. The highest BCUT2D eigenvalue weighted by Gasteiger charge is 2.33. The molecule has 1 aliphatic carbocycles. The average Bonchev–Trinajstić information content (AvgIpc) is 3.16. The minimum Gasteiger partial charge on any atom is -0.406 e. The predicted octanol–water partition coefficient (Wildman–Crippen LogP) is 5.33. The molecule has 0 radical (unpaired) electrons. The number of benzene rings is 1. The fraction of sp³-hybridized carbons (Fsp3) is 0.440. The molecule has 1 aliphatic heterocycles. The van der Waals surface area contributed by atoms with Gasteiger partial charge in [0.1, 0.15) is 17.2 Å². The number of likely N-dealkylation sites (tertiary alicyclic amines) is 1. The largest absolute Gasteiger partial charge is 0.573 e. The molecule has 1 fully saturated rings. The van der Waals surface area contributed by atoms with E-state index in [1.807, 2.05) is 0 Å². The Labute approximate surface area is 199 Å². The molecule has 3 aromatic rings. The number of piperidine rings is 1. The molecular weight excluding hydrogens is 464 g/mol. The van der Waals surface area contributed by atoms with Gasteiger partial charge in [0.2, 0.25) is 0 Å². The number of fused-ring (bicyclic) bond motifs is 3. The first kappa shape index (κ1) is 23.4. The quantitative estimate of drug-likeness (QED) is 0.384. The number of hydrogen-bond acceptors (Lipinski definition) is 4. The van der Waals surface area contributed by atoms with Crippen molar-refractivity contribution in [2.45, 2.75) is 51.3 Å². The molecular formula is C25H26F4N4O2. The van der Waals surface area contributed by atoms with E-state index in [-0.39, 0.29) is 28.9 Å². The van der Waals surface area contributed by atoms with Gasteiger partial charge in [0, 0.05) is 41.5 Å². The van der Waals surface area contributed by atoms with Crippen molar-refractivity contribution in [2.75, 3.05) is 18.8 Å². The summed E-state index contributed by atoms with van der Waals surface area (Å²) in [6.07, 6.45) is 0.451. The van der Waals surface area contributed by atoms with Crippen LogP contribution in [0.1, 0.15) is 59.3 Å². The van der Waals surface area contributed by atoms with Crippen molar-refractivity contribution in [3.63, 3.8) is 0 Å². The van der Waals surface area contributed by atoms with Gasteiger partial charge in [0.25, 0.3) is 5.91 Å². The number of aryl methyl sites for hydroxylation is 1. The lowest BCUT2D eigenvalue weighted by Crippen LogP contribution is -2.38. The van der Waals surface area contributed by atoms with E-state index in [1.165, 1.54) is 12.3 Å². The highest BCUT2D eigenvalue weighted by Crippen LogP contribution is 2.40. The van der Waals surface area contributed by atoms with Crippen LogP contribution in [-0.2, 0) is 12.8 Å². The molecule has 0 saturated carbocycles. The van der Waals surface area contributed by atoms with Crippen LogP contribution in [-0.4, -0.2) is 40.2 Å². The van der Waals surface area contributed by atoms with Gasteiger partial charge in [0.05, 0.1) is 11.8 Å². The van der Waals surface area contributed by atoms with E-state index in [2.05, 4.69) is 21.6 Å². The second-order valence-corrected chi connectivity index (χ2v) is 9.54. The van der Waals surface area contributed by atoms with Crippen molar-refractivity contribution in [3.05, 3.63) is 52.6 Å². The van der Waals surface area contributed by atoms with Crippen LogP contribution in [0.5, 0.6) is 5.75 Å². The van der Waals surface area contributed by atoms with Crippen molar-refractivity contribution in [1.82, 2.24) is 14.9 Å². The van der Waals surface area contributed by atoms with Gasteiger partial charge >= 0.3 is 6.36 Å². The van der Waals surface area contributed by atoms with Gasteiger partial charge in [-0.3, -0.25) is 4.79 Å². The van der Waals surface area contributed by atoms with E-state index in [0.29, 0.717) is 43.1 Å². The summed E-state index contributed by atoms with van der Waals surface area (Å²) in [6.45, 7) is 2.97. The normalized spacial score (nSPS) is 19.1. The summed E-state index contributed by atoms with van der Waals surface area (Å²) in [5, 5.41) is 0.890. The maximum Gasteiger partial charge on any atom is 0.573 e. The fourth-order valence-corrected chi connectivity index (χ4v) is 5.43. The highest BCUT2D eigenvalue weighted by atomic mass is 19.4. The molecule has 186 valence electrons. The SMILES string of the molecule is CC1CCc2[nH]c3ncc(F)c(C4CCN(C(=O)c5ccc(OC(F)(F)F)cc5N)CC4)c3c2C1. The van der Waals surface area contributed by atoms with Crippen LogP contribution in [0.3, 0.4) is 0 Å². The molecule has 1 unspecified atom stereocenters. The highest BCUT2D eigenvalue weighted by molar-refractivity contribution is 5.99. The Balaban J connectivity index is 1.34. The first-order valence-corrected chi connectivity index (χ1v) is 11.7. The Kier molecular flexibility index (Phi) is 5.85. The van der Waals surface area contributed by atoms with Gasteiger partial charge in [-0.1, -0.05) is 6.92 Å². The van der Waals surface area contributed by atoms with Crippen LogP contribution < -0.4 is 10.5 Å². The number of anilines is 1. The summed E-state index contributed by atoms with van der Waals surface area (Å²) < 4.78 is 56.3. The molecule has 0 bridgehead atoms. The number of alkyl halides is 3. The van der Waals surface area contributed by atoms with E-state index in [4.69, 9.17) is 5.73 Å². The lowest BCUT2D eigenvalue weighted by Gasteiger charge is -2.33. The number of nitrogens with one attached hydrogen (secondary N) is 1. The number of carbonyl (C=O) groups excluding carboxylic acids is 1. The number of aromatic amines is 1. The number of H-pyrrole nitrogens is 1. The molecule has 0 spiro atoms. The fourth-order valence-electron chi connectivity index (χ4n) is 5.43.